The van der Waals surface area contributed by atoms with Crippen LogP contribution in [0.5, 0.6) is 0 Å². The predicted octanol–water partition coefficient (Wildman–Crippen LogP) is 12.5. The van der Waals surface area contributed by atoms with Crippen LogP contribution in [0, 0.1) is 12.1 Å². The number of thiophene rings is 2. The summed E-state index contributed by atoms with van der Waals surface area (Å²) in [6.07, 6.45) is 3.78. The molecule has 0 saturated carbocycles. The van der Waals surface area contributed by atoms with Gasteiger partial charge in [0.25, 0.3) is 0 Å². The van der Waals surface area contributed by atoms with Gasteiger partial charge in [0.15, 0.2) is 6.71 Å². The van der Waals surface area contributed by atoms with Gasteiger partial charge in [-0.25, -0.2) is 0 Å². The van der Waals surface area contributed by atoms with Crippen molar-refractivity contribution in [2.75, 3.05) is 0 Å². The molecule has 6 heterocycles. The standard InChI is InChI=1S/C35H21BNS.C19H13N2S.2Ir/c1-3-11-23(12-4-1)25-16-9-17-26(24-13-5-2-6-14-24)34(25)36-30-18-10-20-37-35(30)29-21-28-27-15-7-8-19-32(27)38-33(28)22-31(29)36;1-2-21-15-7-5-9-20-19(15)14-10-13-12-6-3-4-8-17(12)22-18(13)11-16(14)21;;/h1-20,22H;3-9,11H,2H2,1H3;;/q2*-1;;. The van der Waals surface area contributed by atoms with Crippen molar-refractivity contribution in [3.05, 3.63) is 188 Å². The van der Waals surface area contributed by atoms with E-state index in [2.05, 4.69) is 186 Å². The molecule has 1 aliphatic heterocycles. The maximum atomic E-state index is 4.92. The zero-order chi connectivity index (χ0) is 39.7. The average molecular weight is 1180 g/mol. The van der Waals surface area contributed by atoms with E-state index in [9.17, 15) is 0 Å². The van der Waals surface area contributed by atoms with Crippen LogP contribution in [0.15, 0.2) is 176 Å². The number of pyridine rings is 2. The molecular formula is C54H34BIr2N3S2-2. The molecule has 0 atom stereocenters. The number of aryl methyl sites for hydroxylation is 1. The molecule has 0 amide bonds. The zero-order valence-corrected chi connectivity index (χ0v) is 39.8. The molecule has 3 nitrogen and oxygen atoms in total. The van der Waals surface area contributed by atoms with Crippen LogP contribution in [0.3, 0.4) is 0 Å². The van der Waals surface area contributed by atoms with Crippen LogP contribution in [0.1, 0.15) is 6.92 Å². The van der Waals surface area contributed by atoms with E-state index in [0.29, 0.717) is 0 Å². The smallest absolute Gasteiger partial charge is 0.195 e. The van der Waals surface area contributed by atoms with E-state index < -0.39 is 0 Å². The fraction of sp³-hybridized carbons (Fsp3) is 0.0370. The summed E-state index contributed by atoms with van der Waals surface area (Å²) in [5.74, 6) is 0. The number of fused-ring (bicyclic) bond motifs is 12. The molecule has 7 aromatic carbocycles. The second-order valence-corrected chi connectivity index (χ2v) is 17.5. The maximum Gasteiger partial charge on any atom is 0.195 e. The van der Waals surface area contributed by atoms with Gasteiger partial charge in [0, 0.05) is 70.2 Å². The molecule has 0 bridgehead atoms. The first-order valence-corrected chi connectivity index (χ1v) is 22.0. The van der Waals surface area contributed by atoms with Crippen LogP contribution in [0.4, 0.5) is 0 Å². The summed E-state index contributed by atoms with van der Waals surface area (Å²) in [7, 11) is 0. The predicted molar refractivity (Wildman–Crippen MR) is 258 cm³/mol. The molecule has 300 valence electrons. The van der Waals surface area contributed by atoms with Crippen molar-refractivity contribution in [1.82, 2.24) is 14.5 Å². The molecule has 0 spiro atoms. The summed E-state index contributed by atoms with van der Waals surface area (Å²) in [6, 6.07) is 66.2. The molecule has 0 N–H and O–H groups in total. The Kier molecular flexibility index (Phi) is 10.9. The summed E-state index contributed by atoms with van der Waals surface area (Å²) in [5, 5.41) is 6.10. The van der Waals surface area contributed by atoms with Gasteiger partial charge in [0.1, 0.15) is 0 Å². The fourth-order valence-corrected chi connectivity index (χ4v) is 11.6. The summed E-state index contributed by atoms with van der Waals surface area (Å²) < 4.78 is 7.53. The first-order chi connectivity index (χ1) is 29.7. The van der Waals surface area contributed by atoms with Gasteiger partial charge < -0.3 is 4.57 Å². The first kappa shape index (κ1) is 40.5. The second kappa shape index (κ2) is 16.6. The van der Waals surface area contributed by atoms with E-state index >= 15 is 0 Å². The minimum atomic E-state index is 0. The monoisotopic (exact) mass is 1190 g/mol. The van der Waals surface area contributed by atoms with Gasteiger partial charge in [-0.15, -0.1) is 29.2 Å². The summed E-state index contributed by atoms with van der Waals surface area (Å²) >= 11 is 3.69. The Labute approximate surface area is 394 Å². The number of nitrogens with zero attached hydrogens (tertiary/aromatic N) is 3. The Morgan fingerprint density at radius 3 is 1.76 bits per heavy atom. The van der Waals surface area contributed by atoms with Gasteiger partial charge in [0.05, 0.1) is 0 Å². The minimum absolute atomic E-state index is 0. The fourth-order valence-electron chi connectivity index (χ4n) is 9.43. The maximum absolute atomic E-state index is 4.92. The molecular weight excluding hydrogens is 1150 g/mol. The van der Waals surface area contributed by atoms with Crippen molar-refractivity contribution in [1.29, 1.82) is 0 Å². The van der Waals surface area contributed by atoms with Crippen molar-refractivity contribution in [3.63, 3.8) is 0 Å². The zero-order valence-electron chi connectivity index (χ0n) is 33.4. The van der Waals surface area contributed by atoms with Gasteiger partial charge in [-0.1, -0.05) is 177 Å². The molecule has 13 rings (SSSR count). The van der Waals surface area contributed by atoms with Gasteiger partial charge >= 0.3 is 0 Å². The molecule has 8 heteroatoms. The quantitative estimate of drug-likeness (QED) is 0.130. The SMILES string of the molecule is CCn1c2cc3sc4ccccc4c3[c-]c2c2ncccc21.[Ir].[Ir].[c-]1c2c(cc3sc4ccccc4c13)B(c1c(-c3ccccc3)cccc1-c1ccccc1)c1cccnc1-2. The molecule has 1 aliphatic rings. The van der Waals surface area contributed by atoms with Crippen LogP contribution < -0.4 is 16.4 Å². The average Bonchev–Trinajstić information content (AvgIpc) is 4.05. The van der Waals surface area contributed by atoms with Crippen LogP contribution in [-0.4, -0.2) is 21.2 Å². The molecule has 0 saturated heterocycles. The van der Waals surface area contributed by atoms with E-state index in [1.807, 2.05) is 41.1 Å². The number of rotatable bonds is 4. The Hall–Kier alpha value is -5.56. The van der Waals surface area contributed by atoms with Gasteiger partial charge in [-0.05, 0) is 77.4 Å². The van der Waals surface area contributed by atoms with Crippen molar-refractivity contribution in [2.24, 2.45) is 0 Å². The second-order valence-electron chi connectivity index (χ2n) is 15.3. The topological polar surface area (TPSA) is 30.7 Å². The third-order valence-corrected chi connectivity index (χ3v) is 14.3. The van der Waals surface area contributed by atoms with Gasteiger partial charge in [-0.2, -0.15) is 22.7 Å². The molecule has 62 heavy (non-hydrogen) atoms. The summed E-state index contributed by atoms with van der Waals surface area (Å²) in [4.78, 5) is 9.53. The Bertz CT molecular complexity index is 3560. The number of hydrogen-bond donors (Lipinski definition) is 0. The normalized spacial score (nSPS) is 11.7. The van der Waals surface area contributed by atoms with Crippen LogP contribution in [0.2, 0.25) is 0 Å². The van der Waals surface area contributed by atoms with Crippen LogP contribution in [0.25, 0.3) is 95.8 Å². The number of aromatic nitrogens is 3. The van der Waals surface area contributed by atoms with E-state index in [0.717, 1.165) is 28.7 Å². The van der Waals surface area contributed by atoms with E-state index in [4.69, 9.17) is 4.98 Å². The summed E-state index contributed by atoms with van der Waals surface area (Å²) in [6.45, 7) is 3.18. The molecule has 0 aliphatic carbocycles. The number of hydrogen-bond acceptors (Lipinski definition) is 4. The molecule has 0 fully saturated rings. The first-order valence-electron chi connectivity index (χ1n) is 20.4. The Morgan fingerprint density at radius 2 is 1.10 bits per heavy atom. The van der Waals surface area contributed by atoms with Crippen molar-refractivity contribution < 1.29 is 40.2 Å². The van der Waals surface area contributed by atoms with E-state index in [1.165, 1.54) is 90.0 Å². The van der Waals surface area contributed by atoms with Crippen molar-refractivity contribution >= 4 is 108 Å². The van der Waals surface area contributed by atoms with Crippen LogP contribution >= 0.6 is 22.7 Å². The largest absolute Gasteiger partial charge is 0.378 e. The minimum Gasteiger partial charge on any atom is -0.378 e. The molecule has 0 unspecified atom stereocenters. The Morgan fingerprint density at radius 1 is 0.516 bits per heavy atom. The molecule has 2 radical (unpaired) electrons. The van der Waals surface area contributed by atoms with E-state index in [1.54, 1.807) is 0 Å². The van der Waals surface area contributed by atoms with Gasteiger partial charge in [-0.3, -0.25) is 9.97 Å². The number of benzene rings is 7. The van der Waals surface area contributed by atoms with E-state index in [-0.39, 0.29) is 46.9 Å². The Balaban J connectivity index is 0.000000163. The van der Waals surface area contributed by atoms with Crippen molar-refractivity contribution in [3.8, 4) is 33.5 Å². The van der Waals surface area contributed by atoms with Gasteiger partial charge in [0.2, 0.25) is 0 Å². The van der Waals surface area contributed by atoms with Crippen molar-refractivity contribution in [2.45, 2.75) is 13.5 Å². The molecule has 5 aromatic heterocycles. The summed E-state index contributed by atoms with van der Waals surface area (Å²) in [5.41, 5.74) is 14.5. The molecule has 12 aromatic rings. The van der Waals surface area contributed by atoms with Crippen LogP contribution in [-0.2, 0) is 46.8 Å². The third kappa shape index (κ3) is 6.52. The third-order valence-electron chi connectivity index (χ3n) is 12.0.